The highest BCUT2D eigenvalue weighted by Gasteiger charge is 2.19. The molecule has 0 bridgehead atoms. The molecule has 0 aliphatic rings. The summed E-state index contributed by atoms with van der Waals surface area (Å²) in [7, 11) is 1.87. The number of anilines is 1. The first kappa shape index (κ1) is 22.5. The summed E-state index contributed by atoms with van der Waals surface area (Å²) in [4.78, 5) is 25.3. The Balaban J connectivity index is 1.45. The maximum atomic E-state index is 14.0. The molecule has 34 heavy (non-hydrogen) atoms. The molecule has 4 rings (SSSR count). The summed E-state index contributed by atoms with van der Waals surface area (Å²) in [5, 5.41) is 15.0. The lowest BCUT2D eigenvalue weighted by Crippen LogP contribution is -2.28. The van der Waals surface area contributed by atoms with Gasteiger partial charge in [-0.3, -0.25) is 4.79 Å². The van der Waals surface area contributed by atoms with Crippen LogP contribution in [-0.2, 0) is 13.6 Å². The Kier molecular flexibility index (Phi) is 6.54. The van der Waals surface area contributed by atoms with Gasteiger partial charge < -0.3 is 15.2 Å². The molecule has 0 radical (unpaired) electrons. The van der Waals surface area contributed by atoms with Crippen molar-refractivity contribution in [1.82, 2.24) is 24.8 Å². The maximum absolute atomic E-state index is 14.0. The standard InChI is InChI=1S/C24H19F2N7O/c1-33-22(20-7-8-28-14-31-20)12-30-23(33)13-29-17-4-2-3-15(9-17)24(34)32-21(11-27)18-10-16(25)5-6-19(18)26/h2-10,12,14,21,29H,13H2,1H3,(H,32,34)/t21-/m0/s1. The second kappa shape index (κ2) is 9.87. The SMILES string of the molecule is Cn1c(-c2ccncn2)cnc1CNc1cccc(C(=O)N[C@@H](C#N)c2cc(F)ccc2F)c1. The highest BCUT2D eigenvalue weighted by molar-refractivity contribution is 5.95. The van der Waals surface area contributed by atoms with E-state index in [1.165, 1.54) is 6.33 Å². The van der Waals surface area contributed by atoms with Gasteiger partial charge in [0, 0.05) is 30.1 Å². The van der Waals surface area contributed by atoms with Gasteiger partial charge in [0.15, 0.2) is 0 Å². The normalized spacial score (nSPS) is 11.5. The Bertz CT molecular complexity index is 1370. The summed E-state index contributed by atoms with van der Waals surface area (Å²) in [5.74, 6) is -1.33. The second-order valence-electron chi connectivity index (χ2n) is 7.35. The summed E-state index contributed by atoms with van der Waals surface area (Å²) in [6.07, 6.45) is 4.84. The molecule has 10 heteroatoms. The van der Waals surface area contributed by atoms with Crippen LogP contribution in [-0.4, -0.2) is 25.4 Å². The highest BCUT2D eigenvalue weighted by Crippen LogP contribution is 2.20. The predicted molar refractivity (Wildman–Crippen MR) is 120 cm³/mol. The van der Waals surface area contributed by atoms with Gasteiger partial charge in [-0.2, -0.15) is 5.26 Å². The molecule has 0 aliphatic heterocycles. The van der Waals surface area contributed by atoms with Gasteiger partial charge in [0.1, 0.15) is 29.8 Å². The largest absolute Gasteiger partial charge is 0.378 e. The van der Waals surface area contributed by atoms with E-state index in [0.717, 1.165) is 35.4 Å². The van der Waals surface area contributed by atoms with Crippen LogP contribution in [0.5, 0.6) is 0 Å². The molecule has 2 heterocycles. The van der Waals surface area contributed by atoms with Gasteiger partial charge in [0.2, 0.25) is 0 Å². The molecule has 0 saturated heterocycles. The van der Waals surface area contributed by atoms with Crippen molar-refractivity contribution in [2.75, 3.05) is 5.32 Å². The van der Waals surface area contributed by atoms with Crippen molar-refractivity contribution in [1.29, 1.82) is 5.26 Å². The molecule has 2 aromatic carbocycles. The minimum absolute atomic E-state index is 0.237. The smallest absolute Gasteiger partial charge is 0.252 e. The summed E-state index contributed by atoms with van der Waals surface area (Å²) in [6.45, 7) is 0.377. The fourth-order valence-electron chi connectivity index (χ4n) is 3.37. The van der Waals surface area contributed by atoms with Crippen molar-refractivity contribution < 1.29 is 13.6 Å². The summed E-state index contributed by atoms with van der Waals surface area (Å²) >= 11 is 0. The van der Waals surface area contributed by atoms with E-state index in [0.29, 0.717) is 12.2 Å². The molecular weight excluding hydrogens is 440 g/mol. The van der Waals surface area contributed by atoms with Gasteiger partial charge in [-0.1, -0.05) is 6.07 Å². The Morgan fingerprint density at radius 3 is 2.79 bits per heavy atom. The number of hydrogen-bond acceptors (Lipinski definition) is 6. The third-order valence-corrected chi connectivity index (χ3v) is 5.18. The number of hydrogen-bond donors (Lipinski definition) is 2. The Morgan fingerprint density at radius 2 is 2.03 bits per heavy atom. The first-order valence-corrected chi connectivity index (χ1v) is 10.2. The lowest BCUT2D eigenvalue weighted by molar-refractivity contribution is 0.0944. The zero-order valence-corrected chi connectivity index (χ0v) is 18.0. The number of aromatic nitrogens is 4. The van der Waals surface area contributed by atoms with E-state index >= 15 is 0 Å². The average Bonchev–Trinajstić information content (AvgIpc) is 3.23. The lowest BCUT2D eigenvalue weighted by atomic mass is 10.1. The first-order valence-electron chi connectivity index (χ1n) is 10.2. The summed E-state index contributed by atoms with van der Waals surface area (Å²) in [5.41, 5.74) is 2.24. The first-order chi connectivity index (χ1) is 16.5. The summed E-state index contributed by atoms with van der Waals surface area (Å²) in [6, 6.07) is 11.6. The monoisotopic (exact) mass is 459 g/mol. The molecule has 4 aromatic rings. The average molecular weight is 459 g/mol. The highest BCUT2D eigenvalue weighted by atomic mass is 19.1. The van der Waals surface area contributed by atoms with Crippen LogP contribution in [0.25, 0.3) is 11.4 Å². The van der Waals surface area contributed by atoms with E-state index in [-0.39, 0.29) is 11.1 Å². The fraction of sp³-hybridized carbons (Fsp3) is 0.125. The van der Waals surface area contributed by atoms with Crippen LogP contribution in [0.2, 0.25) is 0 Å². The minimum atomic E-state index is -1.34. The van der Waals surface area contributed by atoms with E-state index in [9.17, 15) is 18.8 Å². The van der Waals surface area contributed by atoms with Crippen molar-refractivity contribution in [2.24, 2.45) is 7.05 Å². The molecule has 0 fully saturated rings. The Morgan fingerprint density at radius 1 is 1.18 bits per heavy atom. The van der Waals surface area contributed by atoms with Crippen LogP contribution in [0.3, 0.4) is 0 Å². The van der Waals surface area contributed by atoms with Gasteiger partial charge in [0.05, 0.1) is 30.2 Å². The molecule has 8 nitrogen and oxygen atoms in total. The third-order valence-electron chi connectivity index (χ3n) is 5.18. The van der Waals surface area contributed by atoms with Gasteiger partial charge in [-0.15, -0.1) is 0 Å². The third kappa shape index (κ3) is 4.88. The number of carbonyl (C=O) groups is 1. The van der Waals surface area contributed by atoms with E-state index in [4.69, 9.17) is 0 Å². The van der Waals surface area contributed by atoms with E-state index in [1.807, 2.05) is 11.6 Å². The number of imidazole rings is 1. The predicted octanol–water partition coefficient (Wildman–Crippen LogP) is 3.76. The molecule has 0 saturated carbocycles. The van der Waals surface area contributed by atoms with E-state index < -0.39 is 23.6 Å². The number of nitrogens with zero attached hydrogens (tertiary/aromatic N) is 5. The van der Waals surface area contributed by atoms with E-state index in [2.05, 4.69) is 25.6 Å². The Hall–Kier alpha value is -4.65. The van der Waals surface area contributed by atoms with Crippen LogP contribution < -0.4 is 10.6 Å². The fourth-order valence-corrected chi connectivity index (χ4v) is 3.37. The molecule has 2 aromatic heterocycles. The molecule has 0 unspecified atom stereocenters. The van der Waals surface area contributed by atoms with Crippen LogP contribution in [0.4, 0.5) is 14.5 Å². The van der Waals surface area contributed by atoms with Crippen LogP contribution >= 0.6 is 0 Å². The zero-order chi connectivity index (χ0) is 24.1. The van der Waals surface area contributed by atoms with Crippen molar-refractivity contribution in [2.45, 2.75) is 12.6 Å². The van der Waals surface area contributed by atoms with Crippen molar-refractivity contribution in [3.05, 3.63) is 95.8 Å². The summed E-state index contributed by atoms with van der Waals surface area (Å²) < 4.78 is 29.4. The number of halogens is 2. The van der Waals surface area contributed by atoms with Gasteiger partial charge in [-0.25, -0.2) is 23.7 Å². The number of rotatable bonds is 7. The molecule has 0 spiro atoms. The Labute approximate surface area is 193 Å². The number of amides is 1. The topological polar surface area (TPSA) is 109 Å². The second-order valence-corrected chi connectivity index (χ2v) is 7.35. The van der Waals surface area contributed by atoms with Gasteiger partial charge in [-0.05, 0) is 42.5 Å². The van der Waals surface area contributed by atoms with Gasteiger partial charge >= 0.3 is 0 Å². The van der Waals surface area contributed by atoms with Crippen LogP contribution in [0.1, 0.15) is 27.8 Å². The molecular formula is C24H19F2N7O. The molecule has 1 atom stereocenters. The zero-order valence-electron chi connectivity index (χ0n) is 18.0. The van der Waals surface area contributed by atoms with E-state index in [1.54, 1.807) is 48.8 Å². The number of nitriles is 1. The molecule has 2 N–H and O–H groups in total. The maximum Gasteiger partial charge on any atom is 0.252 e. The quantitative estimate of drug-likeness (QED) is 0.436. The number of benzene rings is 2. The molecule has 170 valence electrons. The minimum Gasteiger partial charge on any atom is -0.378 e. The lowest BCUT2D eigenvalue weighted by Gasteiger charge is -2.14. The van der Waals surface area contributed by atoms with Gasteiger partial charge in [0.25, 0.3) is 5.91 Å². The van der Waals surface area contributed by atoms with Crippen LogP contribution in [0.15, 0.2) is 67.3 Å². The van der Waals surface area contributed by atoms with Crippen LogP contribution in [0, 0.1) is 23.0 Å². The molecule has 1 amide bonds. The molecule has 0 aliphatic carbocycles. The number of carbonyl (C=O) groups excluding carboxylic acids is 1. The van der Waals surface area contributed by atoms with Crippen molar-refractivity contribution in [3.8, 4) is 17.5 Å². The van der Waals surface area contributed by atoms with Crippen molar-refractivity contribution in [3.63, 3.8) is 0 Å². The van der Waals surface area contributed by atoms with Crippen molar-refractivity contribution >= 4 is 11.6 Å². The number of nitrogens with one attached hydrogen (secondary N) is 2.